The summed E-state index contributed by atoms with van der Waals surface area (Å²) in [4.78, 5) is 12.0. The smallest absolute Gasteiger partial charge is 0.141 e. The largest absolute Gasteiger partial charge is 0.299 e. The van der Waals surface area contributed by atoms with Gasteiger partial charge in [0, 0.05) is 17.8 Å². The van der Waals surface area contributed by atoms with E-state index in [-0.39, 0.29) is 11.8 Å². The van der Waals surface area contributed by atoms with E-state index in [1.807, 2.05) is 6.08 Å². The van der Waals surface area contributed by atoms with Gasteiger partial charge in [0.05, 0.1) is 0 Å². The van der Waals surface area contributed by atoms with Gasteiger partial charge in [-0.2, -0.15) is 0 Å². The van der Waals surface area contributed by atoms with E-state index < -0.39 is 0 Å². The minimum atomic E-state index is 0.0700. The Hall–Kier alpha value is -1.03. The second-order valence-electron chi connectivity index (χ2n) is 4.38. The van der Waals surface area contributed by atoms with Gasteiger partial charge in [0.15, 0.2) is 0 Å². The molecule has 0 spiro atoms. The third-order valence-electron chi connectivity index (χ3n) is 3.54. The number of allylic oxidation sites excluding steroid dienone is 2. The number of terminal acetylenes is 1. The summed E-state index contributed by atoms with van der Waals surface area (Å²) in [5, 5.41) is 0. The summed E-state index contributed by atoms with van der Waals surface area (Å²) in [5.41, 5.74) is 0. The molecular weight excluding hydrogens is 172 g/mol. The predicted octanol–water partition coefficient (Wildman–Crippen LogP) is 2.43. The molecule has 0 radical (unpaired) electrons. The van der Waals surface area contributed by atoms with Crippen LogP contribution in [0.15, 0.2) is 12.2 Å². The lowest BCUT2D eigenvalue weighted by atomic mass is 9.89. The molecule has 4 atom stereocenters. The second-order valence-corrected chi connectivity index (χ2v) is 4.38. The standard InChI is InChI=1S/C13H16O/c1-3-9-6-5-7-11(9)13(14)12-8-10(12)4-2/h1,5-6,9-12H,4,7-8H2,2H3/t9-,10+,11+,12-/m1/s1. The lowest BCUT2D eigenvalue weighted by molar-refractivity contribution is -0.124. The van der Waals surface area contributed by atoms with Gasteiger partial charge in [-0.25, -0.2) is 0 Å². The Morgan fingerprint density at radius 3 is 2.93 bits per heavy atom. The zero-order chi connectivity index (χ0) is 10.1. The molecule has 0 heterocycles. The van der Waals surface area contributed by atoms with E-state index in [0.717, 1.165) is 19.3 Å². The van der Waals surface area contributed by atoms with Crippen molar-refractivity contribution in [1.29, 1.82) is 0 Å². The number of ketones is 1. The molecule has 0 aromatic heterocycles. The first-order valence-corrected chi connectivity index (χ1v) is 5.44. The number of hydrogen-bond donors (Lipinski definition) is 0. The van der Waals surface area contributed by atoms with Crippen LogP contribution in [0.4, 0.5) is 0 Å². The highest BCUT2D eigenvalue weighted by atomic mass is 16.1. The van der Waals surface area contributed by atoms with E-state index in [2.05, 4.69) is 18.9 Å². The van der Waals surface area contributed by atoms with Crippen LogP contribution >= 0.6 is 0 Å². The van der Waals surface area contributed by atoms with Gasteiger partial charge >= 0.3 is 0 Å². The van der Waals surface area contributed by atoms with Crippen LogP contribution in [0.2, 0.25) is 0 Å². The normalized spacial score (nSPS) is 39.4. The van der Waals surface area contributed by atoms with Gasteiger partial charge in [-0.1, -0.05) is 31.4 Å². The molecule has 0 aliphatic heterocycles. The van der Waals surface area contributed by atoms with Crippen LogP contribution in [0.5, 0.6) is 0 Å². The Morgan fingerprint density at radius 2 is 2.36 bits per heavy atom. The van der Waals surface area contributed by atoms with E-state index in [9.17, 15) is 4.79 Å². The Bertz CT molecular complexity index is 308. The maximum atomic E-state index is 12.0. The number of Topliss-reactive ketones (excluding diaryl/α,β-unsaturated/α-hetero) is 1. The molecule has 0 aromatic carbocycles. The summed E-state index contributed by atoms with van der Waals surface area (Å²) in [6.45, 7) is 2.16. The summed E-state index contributed by atoms with van der Waals surface area (Å²) >= 11 is 0. The van der Waals surface area contributed by atoms with Crippen LogP contribution in [0.25, 0.3) is 0 Å². The molecule has 1 saturated carbocycles. The van der Waals surface area contributed by atoms with Gasteiger partial charge in [0.25, 0.3) is 0 Å². The quantitative estimate of drug-likeness (QED) is 0.491. The summed E-state index contributed by atoms with van der Waals surface area (Å²) in [5.74, 6) is 4.28. The number of carbonyl (C=O) groups excluding carboxylic acids is 1. The van der Waals surface area contributed by atoms with Crippen LogP contribution in [-0.2, 0) is 4.79 Å². The van der Waals surface area contributed by atoms with E-state index >= 15 is 0 Å². The Morgan fingerprint density at radius 1 is 1.57 bits per heavy atom. The number of hydrogen-bond acceptors (Lipinski definition) is 1. The molecule has 1 fully saturated rings. The Kier molecular flexibility index (Phi) is 2.46. The fourth-order valence-corrected chi connectivity index (χ4v) is 2.44. The third kappa shape index (κ3) is 1.50. The summed E-state index contributed by atoms with van der Waals surface area (Å²) in [6, 6.07) is 0. The molecule has 1 heteroatoms. The lowest BCUT2D eigenvalue weighted by Gasteiger charge is -2.12. The summed E-state index contributed by atoms with van der Waals surface area (Å²) < 4.78 is 0. The van der Waals surface area contributed by atoms with Gasteiger partial charge in [0.2, 0.25) is 0 Å². The van der Waals surface area contributed by atoms with Crippen LogP contribution in [0.1, 0.15) is 26.2 Å². The van der Waals surface area contributed by atoms with Gasteiger partial charge in [-0.05, 0) is 18.8 Å². The van der Waals surface area contributed by atoms with Crippen molar-refractivity contribution in [2.75, 3.05) is 0 Å². The molecule has 0 bridgehead atoms. The second kappa shape index (κ2) is 3.61. The summed E-state index contributed by atoms with van der Waals surface area (Å²) in [6.07, 6.45) is 12.6. The van der Waals surface area contributed by atoms with Crippen molar-refractivity contribution >= 4 is 5.78 Å². The lowest BCUT2D eigenvalue weighted by Crippen LogP contribution is -2.20. The molecule has 14 heavy (non-hydrogen) atoms. The fourth-order valence-electron chi connectivity index (χ4n) is 2.44. The third-order valence-corrected chi connectivity index (χ3v) is 3.54. The first-order chi connectivity index (χ1) is 6.77. The molecule has 0 N–H and O–H groups in total. The molecule has 74 valence electrons. The van der Waals surface area contributed by atoms with E-state index in [1.165, 1.54) is 0 Å². The van der Waals surface area contributed by atoms with Crippen molar-refractivity contribution in [2.45, 2.75) is 26.2 Å². The van der Waals surface area contributed by atoms with Crippen molar-refractivity contribution in [3.63, 3.8) is 0 Å². The highest BCUT2D eigenvalue weighted by molar-refractivity contribution is 5.87. The number of rotatable bonds is 3. The first kappa shape index (κ1) is 9.52. The zero-order valence-electron chi connectivity index (χ0n) is 8.57. The monoisotopic (exact) mass is 188 g/mol. The Balaban J connectivity index is 1.97. The van der Waals surface area contributed by atoms with E-state index in [4.69, 9.17) is 6.42 Å². The highest BCUT2D eigenvalue weighted by Crippen LogP contribution is 2.45. The summed E-state index contributed by atoms with van der Waals surface area (Å²) in [7, 11) is 0. The van der Waals surface area contributed by atoms with Gasteiger partial charge in [-0.3, -0.25) is 4.79 Å². The van der Waals surface area contributed by atoms with Crippen molar-refractivity contribution in [3.05, 3.63) is 12.2 Å². The van der Waals surface area contributed by atoms with Gasteiger partial charge < -0.3 is 0 Å². The minimum Gasteiger partial charge on any atom is -0.299 e. The SMILES string of the molecule is C#C[C@@H]1C=CC[C@@H]1C(=O)[C@@H]1C[C@@H]1CC. The van der Waals surface area contributed by atoms with Crippen LogP contribution in [-0.4, -0.2) is 5.78 Å². The number of carbonyl (C=O) groups is 1. The molecule has 0 unspecified atom stereocenters. The van der Waals surface area contributed by atoms with Crippen LogP contribution in [0, 0.1) is 36.0 Å². The predicted molar refractivity (Wildman–Crippen MR) is 56.5 cm³/mol. The molecule has 2 aliphatic carbocycles. The van der Waals surface area contributed by atoms with Crippen LogP contribution in [0.3, 0.4) is 0 Å². The van der Waals surface area contributed by atoms with Crippen molar-refractivity contribution in [2.24, 2.45) is 23.7 Å². The molecule has 1 nitrogen and oxygen atoms in total. The maximum absolute atomic E-state index is 12.0. The van der Waals surface area contributed by atoms with Crippen molar-refractivity contribution in [1.82, 2.24) is 0 Å². The van der Waals surface area contributed by atoms with Crippen molar-refractivity contribution in [3.8, 4) is 12.3 Å². The molecule has 0 aromatic rings. The molecule has 0 saturated heterocycles. The fraction of sp³-hybridized carbons (Fsp3) is 0.615. The molecule has 2 aliphatic rings. The molecular formula is C13H16O. The average Bonchev–Trinajstić information content (AvgIpc) is 2.85. The molecule has 0 amide bonds. The van der Waals surface area contributed by atoms with E-state index in [0.29, 0.717) is 17.6 Å². The molecule has 2 rings (SSSR count). The maximum Gasteiger partial charge on any atom is 0.141 e. The zero-order valence-corrected chi connectivity index (χ0v) is 8.57. The minimum absolute atomic E-state index is 0.0700. The van der Waals surface area contributed by atoms with E-state index in [1.54, 1.807) is 0 Å². The highest BCUT2D eigenvalue weighted by Gasteiger charge is 2.45. The first-order valence-electron chi connectivity index (χ1n) is 5.44. The van der Waals surface area contributed by atoms with Gasteiger partial charge in [0.1, 0.15) is 5.78 Å². The topological polar surface area (TPSA) is 17.1 Å². The van der Waals surface area contributed by atoms with Crippen LogP contribution < -0.4 is 0 Å². The average molecular weight is 188 g/mol. The Labute approximate surface area is 85.6 Å². The van der Waals surface area contributed by atoms with Crippen molar-refractivity contribution < 1.29 is 4.79 Å². The van der Waals surface area contributed by atoms with Gasteiger partial charge in [-0.15, -0.1) is 6.42 Å².